The number of amides is 3. The van der Waals surface area contributed by atoms with Crippen molar-refractivity contribution < 1.29 is 23.7 Å². The van der Waals surface area contributed by atoms with Crippen molar-refractivity contribution in [3.8, 4) is 0 Å². The summed E-state index contributed by atoms with van der Waals surface area (Å²) < 4.78 is 11.1. The van der Waals surface area contributed by atoms with Crippen LogP contribution >= 0.6 is 0 Å². The third-order valence-corrected chi connectivity index (χ3v) is 3.94. The molecule has 0 spiro atoms. The summed E-state index contributed by atoms with van der Waals surface area (Å²) in [5, 5.41) is 13.1. The van der Waals surface area contributed by atoms with Crippen molar-refractivity contribution in [1.82, 2.24) is 10.6 Å². The molecule has 0 heterocycles. The van der Waals surface area contributed by atoms with E-state index in [-0.39, 0.29) is 24.6 Å². The second-order valence-electron chi connectivity index (χ2n) is 5.48. The Hall–Kier alpha value is -1.44. The fourth-order valence-corrected chi connectivity index (χ4v) is 1.79. The van der Waals surface area contributed by atoms with Gasteiger partial charge in [-0.25, -0.2) is 4.79 Å². The molecule has 0 aromatic heterocycles. The molecule has 0 saturated carbocycles. The van der Waals surface area contributed by atoms with Crippen LogP contribution in [-0.4, -0.2) is 45.3 Å². The van der Waals surface area contributed by atoms with Gasteiger partial charge < -0.3 is 10.4 Å². The van der Waals surface area contributed by atoms with Gasteiger partial charge in [-0.3, -0.25) is 19.1 Å². The molecule has 0 rings (SSSR count). The van der Waals surface area contributed by atoms with Crippen LogP contribution in [0, 0.1) is 5.41 Å². The number of rotatable bonds is 7. The lowest BCUT2D eigenvalue weighted by Gasteiger charge is -2.21. The standard InChI is InChI=1S/C12H22N2O5S/c1-8(20(4)19)7-13-11(18)14-9(15)5-12(2,3)6-10(16)17/h8H,5-7H2,1-4H3,(H,16,17)(H2,13,14,15,18). The van der Waals surface area contributed by atoms with Crippen LogP contribution in [0.2, 0.25) is 0 Å². The Kier molecular flexibility index (Phi) is 7.41. The monoisotopic (exact) mass is 306 g/mol. The van der Waals surface area contributed by atoms with Crippen molar-refractivity contribution >= 4 is 28.7 Å². The fourth-order valence-electron chi connectivity index (χ4n) is 1.48. The number of carbonyl (C=O) groups is 3. The zero-order chi connectivity index (χ0) is 15.9. The zero-order valence-electron chi connectivity index (χ0n) is 12.2. The average molecular weight is 306 g/mol. The van der Waals surface area contributed by atoms with Crippen molar-refractivity contribution in [2.24, 2.45) is 5.41 Å². The summed E-state index contributed by atoms with van der Waals surface area (Å²) in [5.41, 5.74) is -0.728. The van der Waals surface area contributed by atoms with E-state index in [1.165, 1.54) is 6.26 Å². The van der Waals surface area contributed by atoms with Crippen molar-refractivity contribution in [2.45, 2.75) is 38.9 Å². The van der Waals surface area contributed by atoms with E-state index in [4.69, 9.17) is 5.11 Å². The molecular formula is C12H22N2O5S. The fraction of sp³-hybridized carbons (Fsp3) is 0.750. The molecule has 0 aliphatic heterocycles. The summed E-state index contributed by atoms with van der Waals surface area (Å²) in [6.45, 7) is 5.19. The van der Waals surface area contributed by atoms with Crippen molar-refractivity contribution in [2.75, 3.05) is 12.8 Å². The van der Waals surface area contributed by atoms with Crippen molar-refractivity contribution in [1.29, 1.82) is 0 Å². The first-order valence-corrected chi connectivity index (χ1v) is 7.77. The van der Waals surface area contributed by atoms with Gasteiger partial charge in [-0.05, 0) is 12.3 Å². The van der Waals surface area contributed by atoms with E-state index >= 15 is 0 Å². The molecule has 3 amide bonds. The van der Waals surface area contributed by atoms with Gasteiger partial charge in [0.05, 0.1) is 6.42 Å². The van der Waals surface area contributed by atoms with Crippen molar-refractivity contribution in [3.63, 3.8) is 0 Å². The molecule has 8 heteroatoms. The Morgan fingerprint density at radius 1 is 1.25 bits per heavy atom. The minimum absolute atomic E-state index is 0.0675. The number of urea groups is 1. The number of hydrogen-bond acceptors (Lipinski definition) is 4. The lowest BCUT2D eigenvalue weighted by Crippen LogP contribution is -2.43. The molecule has 0 saturated heterocycles. The second kappa shape index (κ2) is 7.98. The van der Waals surface area contributed by atoms with Gasteiger partial charge >= 0.3 is 12.0 Å². The number of carboxylic acids is 1. The van der Waals surface area contributed by atoms with Gasteiger partial charge in [0, 0.05) is 35.3 Å². The predicted octanol–water partition coefficient (Wildman–Crippen LogP) is 0.470. The van der Waals surface area contributed by atoms with Gasteiger partial charge in [-0.2, -0.15) is 0 Å². The predicted molar refractivity (Wildman–Crippen MR) is 75.7 cm³/mol. The minimum atomic E-state index is -1.05. The number of imide groups is 1. The molecule has 0 bridgehead atoms. The molecule has 0 aromatic rings. The molecule has 0 aliphatic carbocycles. The number of nitrogens with one attached hydrogen (secondary N) is 2. The Morgan fingerprint density at radius 2 is 1.80 bits per heavy atom. The highest BCUT2D eigenvalue weighted by molar-refractivity contribution is 7.84. The number of hydrogen-bond donors (Lipinski definition) is 3. The molecule has 20 heavy (non-hydrogen) atoms. The van der Waals surface area contributed by atoms with E-state index in [1.54, 1.807) is 20.8 Å². The first-order chi connectivity index (χ1) is 9.03. The summed E-state index contributed by atoms with van der Waals surface area (Å²) in [7, 11) is -1.05. The summed E-state index contributed by atoms with van der Waals surface area (Å²) >= 11 is 0. The van der Waals surface area contributed by atoms with Gasteiger partial charge in [0.1, 0.15) is 0 Å². The molecule has 2 atom stereocenters. The van der Waals surface area contributed by atoms with E-state index < -0.39 is 34.1 Å². The summed E-state index contributed by atoms with van der Waals surface area (Å²) in [5.74, 6) is -1.54. The van der Waals surface area contributed by atoms with E-state index in [0.717, 1.165) is 0 Å². The summed E-state index contributed by atoms with van der Waals surface area (Å²) in [4.78, 5) is 33.7. The Morgan fingerprint density at radius 3 is 2.25 bits per heavy atom. The number of aliphatic carboxylic acids is 1. The first kappa shape index (κ1) is 18.6. The molecule has 7 nitrogen and oxygen atoms in total. The molecule has 0 radical (unpaired) electrons. The summed E-state index contributed by atoms with van der Waals surface area (Å²) in [6, 6.07) is -0.668. The van der Waals surface area contributed by atoms with E-state index in [1.807, 2.05) is 0 Å². The second-order valence-corrected chi connectivity index (χ2v) is 7.28. The largest absolute Gasteiger partial charge is 0.481 e. The smallest absolute Gasteiger partial charge is 0.321 e. The highest BCUT2D eigenvalue weighted by Gasteiger charge is 2.26. The molecule has 0 aliphatic rings. The van der Waals surface area contributed by atoms with E-state index in [9.17, 15) is 18.6 Å². The van der Waals surface area contributed by atoms with E-state index in [0.29, 0.717) is 0 Å². The third-order valence-electron chi connectivity index (χ3n) is 2.64. The van der Waals surface area contributed by atoms with Crippen LogP contribution in [0.15, 0.2) is 0 Å². The van der Waals surface area contributed by atoms with Crippen LogP contribution in [0.5, 0.6) is 0 Å². The number of carboxylic acid groups (broad SMARTS) is 1. The normalized spacial score (nSPS) is 14.2. The maximum Gasteiger partial charge on any atom is 0.321 e. The minimum Gasteiger partial charge on any atom is -0.481 e. The lowest BCUT2D eigenvalue weighted by molar-refractivity contribution is -0.139. The van der Waals surface area contributed by atoms with Crippen LogP contribution in [0.4, 0.5) is 4.79 Å². The third kappa shape index (κ3) is 8.63. The Balaban J connectivity index is 4.17. The zero-order valence-corrected chi connectivity index (χ0v) is 13.0. The first-order valence-electron chi connectivity index (χ1n) is 6.15. The SMILES string of the molecule is CC(CNC(=O)NC(=O)CC(C)(C)CC(=O)O)S(C)=O. The molecule has 2 unspecified atom stereocenters. The quantitative estimate of drug-likeness (QED) is 0.633. The highest BCUT2D eigenvalue weighted by Crippen LogP contribution is 2.24. The van der Waals surface area contributed by atoms with Crippen LogP contribution in [0.1, 0.15) is 33.6 Å². The van der Waals surface area contributed by atoms with Crippen LogP contribution in [-0.2, 0) is 20.4 Å². The molecule has 116 valence electrons. The molecule has 0 aromatic carbocycles. The van der Waals surface area contributed by atoms with Gasteiger partial charge in [0.2, 0.25) is 5.91 Å². The molecular weight excluding hydrogens is 284 g/mol. The maximum absolute atomic E-state index is 11.6. The molecule has 0 fully saturated rings. The maximum atomic E-state index is 11.6. The average Bonchev–Trinajstić information content (AvgIpc) is 2.22. The van der Waals surface area contributed by atoms with Crippen LogP contribution in [0.25, 0.3) is 0 Å². The van der Waals surface area contributed by atoms with Crippen molar-refractivity contribution in [3.05, 3.63) is 0 Å². The van der Waals surface area contributed by atoms with Gasteiger partial charge in [-0.15, -0.1) is 0 Å². The van der Waals surface area contributed by atoms with Gasteiger partial charge in [0.15, 0.2) is 0 Å². The van der Waals surface area contributed by atoms with Crippen LogP contribution < -0.4 is 10.6 Å². The lowest BCUT2D eigenvalue weighted by atomic mass is 9.85. The highest BCUT2D eigenvalue weighted by atomic mass is 32.2. The molecule has 3 N–H and O–H groups in total. The number of carbonyl (C=O) groups excluding carboxylic acids is 2. The van der Waals surface area contributed by atoms with Crippen LogP contribution in [0.3, 0.4) is 0 Å². The van der Waals surface area contributed by atoms with Gasteiger partial charge in [0.25, 0.3) is 0 Å². The van der Waals surface area contributed by atoms with E-state index in [2.05, 4.69) is 10.6 Å². The summed E-state index contributed by atoms with van der Waals surface area (Å²) in [6.07, 6.45) is 1.31. The van der Waals surface area contributed by atoms with Gasteiger partial charge in [-0.1, -0.05) is 13.8 Å². The topological polar surface area (TPSA) is 113 Å². The Labute approximate surface area is 121 Å². The Bertz CT molecular complexity index is 409.